The number of ketones is 1. The molecule has 0 saturated heterocycles. The molecule has 1 heterocycles. The molecule has 0 N–H and O–H groups in total. The Balaban J connectivity index is 3.19. The molecule has 0 aromatic carbocycles. The number of carbonyl (C=O) groups is 1. The maximum Gasteiger partial charge on any atom is 0.196 e. The third kappa shape index (κ3) is 2.34. The van der Waals surface area contributed by atoms with E-state index in [2.05, 4.69) is 9.97 Å². The van der Waals surface area contributed by atoms with Gasteiger partial charge in [0.25, 0.3) is 0 Å². The van der Waals surface area contributed by atoms with E-state index in [0.29, 0.717) is 11.7 Å². The first-order valence-electron chi connectivity index (χ1n) is 4.37. The molecule has 0 bridgehead atoms. The van der Waals surface area contributed by atoms with E-state index < -0.39 is 0 Å². The highest BCUT2D eigenvalue weighted by Gasteiger charge is 2.08. The Bertz CT molecular complexity index is 332. The van der Waals surface area contributed by atoms with Crippen LogP contribution in [-0.2, 0) is 0 Å². The lowest BCUT2D eigenvalue weighted by Crippen LogP contribution is -2.06. The highest BCUT2D eigenvalue weighted by atomic mass is 16.1. The van der Waals surface area contributed by atoms with Gasteiger partial charge in [-0.15, -0.1) is 0 Å². The molecule has 0 aliphatic rings. The van der Waals surface area contributed by atoms with Crippen LogP contribution in [0.25, 0.3) is 0 Å². The molecule has 0 radical (unpaired) electrons. The first-order chi connectivity index (χ1) is 6.00. The minimum Gasteiger partial charge on any atom is -0.291 e. The van der Waals surface area contributed by atoms with Crippen molar-refractivity contribution < 1.29 is 4.79 Å². The van der Waals surface area contributed by atoms with E-state index in [9.17, 15) is 4.79 Å². The Morgan fingerprint density at radius 2 is 2.00 bits per heavy atom. The minimum absolute atomic E-state index is 0.0781. The van der Waals surface area contributed by atoms with Crippen LogP contribution in [0.4, 0.5) is 0 Å². The SMILES string of the molecule is CC(=O)c1nc(C)cc(C(C)C)n1. The Labute approximate surface area is 78.2 Å². The zero-order valence-electron chi connectivity index (χ0n) is 8.46. The van der Waals surface area contributed by atoms with Crippen LogP contribution >= 0.6 is 0 Å². The molecule has 0 atom stereocenters. The maximum absolute atomic E-state index is 11.0. The van der Waals surface area contributed by atoms with Crippen molar-refractivity contribution in [3.8, 4) is 0 Å². The molecule has 0 spiro atoms. The lowest BCUT2D eigenvalue weighted by Gasteiger charge is -2.06. The summed E-state index contributed by atoms with van der Waals surface area (Å²) >= 11 is 0. The number of aryl methyl sites for hydroxylation is 1. The molecule has 0 fully saturated rings. The first-order valence-corrected chi connectivity index (χ1v) is 4.37. The molecule has 1 rings (SSSR count). The summed E-state index contributed by atoms with van der Waals surface area (Å²) < 4.78 is 0. The van der Waals surface area contributed by atoms with Crippen molar-refractivity contribution in [3.63, 3.8) is 0 Å². The molecular formula is C10H14N2O. The van der Waals surface area contributed by atoms with Gasteiger partial charge in [-0.2, -0.15) is 0 Å². The second-order valence-electron chi connectivity index (χ2n) is 3.47. The van der Waals surface area contributed by atoms with Crippen LogP contribution in [0, 0.1) is 6.92 Å². The van der Waals surface area contributed by atoms with E-state index >= 15 is 0 Å². The van der Waals surface area contributed by atoms with Crippen LogP contribution in [0.3, 0.4) is 0 Å². The van der Waals surface area contributed by atoms with Gasteiger partial charge in [-0.1, -0.05) is 13.8 Å². The number of Topliss-reactive ketones (excluding diaryl/α,β-unsaturated/α-hetero) is 1. The van der Waals surface area contributed by atoms with Gasteiger partial charge in [0, 0.05) is 18.3 Å². The standard InChI is InChI=1S/C10H14N2O/c1-6(2)9-5-7(3)11-10(12-9)8(4)13/h5-6H,1-4H3. The number of rotatable bonds is 2. The summed E-state index contributed by atoms with van der Waals surface area (Å²) in [4.78, 5) is 19.3. The van der Waals surface area contributed by atoms with Crippen molar-refractivity contribution in [3.05, 3.63) is 23.3 Å². The van der Waals surface area contributed by atoms with E-state index in [4.69, 9.17) is 0 Å². The molecule has 0 unspecified atom stereocenters. The topological polar surface area (TPSA) is 42.9 Å². The fraction of sp³-hybridized carbons (Fsp3) is 0.500. The second-order valence-corrected chi connectivity index (χ2v) is 3.47. The minimum atomic E-state index is -0.0781. The van der Waals surface area contributed by atoms with E-state index in [1.165, 1.54) is 6.92 Å². The number of hydrogen-bond donors (Lipinski definition) is 0. The van der Waals surface area contributed by atoms with E-state index in [1.54, 1.807) is 0 Å². The average Bonchev–Trinajstić information content (AvgIpc) is 2.03. The van der Waals surface area contributed by atoms with Gasteiger partial charge in [-0.3, -0.25) is 4.79 Å². The monoisotopic (exact) mass is 178 g/mol. The molecule has 3 heteroatoms. The Hall–Kier alpha value is -1.25. The van der Waals surface area contributed by atoms with Crippen molar-refractivity contribution in [2.24, 2.45) is 0 Å². The summed E-state index contributed by atoms with van der Waals surface area (Å²) in [6.07, 6.45) is 0. The highest BCUT2D eigenvalue weighted by molar-refractivity contribution is 5.90. The molecule has 70 valence electrons. The lowest BCUT2D eigenvalue weighted by atomic mass is 10.1. The van der Waals surface area contributed by atoms with Gasteiger partial charge in [-0.05, 0) is 18.9 Å². The summed E-state index contributed by atoms with van der Waals surface area (Å²) in [5.74, 6) is 0.578. The molecule has 3 nitrogen and oxygen atoms in total. The maximum atomic E-state index is 11.0. The summed E-state index contributed by atoms with van der Waals surface area (Å²) in [6.45, 7) is 7.45. The van der Waals surface area contributed by atoms with Crippen molar-refractivity contribution in [2.75, 3.05) is 0 Å². The van der Waals surface area contributed by atoms with Gasteiger partial charge >= 0.3 is 0 Å². The highest BCUT2D eigenvalue weighted by Crippen LogP contribution is 2.12. The molecule has 1 aromatic rings. The predicted octanol–water partition coefficient (Wildman–Crippen LogP) is 2.11. The van der Waals surface area contributed by atoms with Crippen molar-refractivity contribution in [1.29, 1.82) is 0 Å². The number of aromatic nitrogens is 2. The lowest BCUT2D eigenvalue weighted by molar-refractivity contribution is 0.100. The summed E-state index contributed by atoms with van der Waals surface area (Å²) in [5, 5.41) is 0. The van der Waals surface area contributed by atoms with Gasteiger partial charge in [0.05, 0.1) is 0 Å². The molecule has 0 saturated carbocycles. The van der Waals surface area contributed by atoms with Crippen LogP contribution in [0.15, 0.2) is 6.07 Å². The molecular weight excluding hydrogens is 164 g/mol. The molecule has 0 aliphatic carbocycles. The summed E-state index contributed by atoms with van der Waals surface area (Å²) in [6, 6.07) is 1.91. The van der Waals surface area contributed by atoms with Crippen LogP contribution in [-0.4, -0.2) is 15.8 Å². The van der Waals surface area contributed by atoms with E-state index in [-0.39, 0.29) is 5.78 Å². The van der Waals surface area contributed by atoms with Crippen LogP contribution in [0.2, 0.25) is 0 Å². The Morgan fingerprint density at radius 1 is 1.38 bits per heavy atom. The second kappa shape index (κ2) is 3.64. The largest absolute Gasteiger partial charge is 0.291 e. The first kappa shape index (κ1) is 9.84. The average molecular weight is 178 g/mol. The normalized spacial score (nSPS) is 10.5. The van der Waals surface area contributed by atoms with Crippen LogP contribution in [0.5, 0.6) is 0 Å². The predicted molar refractivity (Wildman–Crippen MR) is 50.9 cm³/mol. The zero-order valence-corrected chi connectivity index (χ0v) is 8.46. The molecule has 1 aromatic heterocycles. The Morgan fingerprint density at radius 3 is 2.46 bits per heavy atom. The fourth-order valence-corrected chi connectivity index (χ4v) is 1.05. The van der Waals surface area contributed by atoms with Gasteiger partial charge in [0.2, 0.25) is 0 Å². The van der Waals surface area contributed by atoms with Gasteiger partial charge < -0.3 is 0 Å². The van der Waals surface area contributed by atoms with Crippen LogP contribution in [0.1, 0.15) is 48.7 Å². The smallest absolute Gasteiger partial charge is 0.196 e. The summed E-state index contributed by atoms with van der Waals surface area (Å²) in [5.41, 5.74) is 1.78. The number of hydrogen-bond acceptors (Lipinski definition) is 3. The third-order valence-corrected chi connectivity index (χ3v) is 1.78. The van der Waals surface area contributed by atoms with Gasteiger partial charge in [0.15, 0.2) is 11.6 Å². The van der Waals surface area contributed by atoms with Crippen molar-refractivity contribution in [1.82, 2.24) is 9.97 Å². The van der Waals surface area contributed by atoms with Crippen molar-refractivity contribution >= 4 is 5.78 Å². The van der Waals surface area contributed by atoms with Crippen LogP contribution < -0.4 is 0 Å². The number of nitrogens with zero attached hydrogens (tertiary/aromatic N) is 2. The van der Waals surface area contributed by atoms with E-state index in [0.717, 1.165) is 11.4 Å². The molecule has 13 heavy (non-hydrogen) atoms. The van der Waals surface area contributed by atoms with Gasteiger partial charge in [-0.25, -0.2) is 9.97 Å². The molecule has 0 amide bonds. The molecule has 0 aliphatic heterocycles. The quantitative estimate of drug-likeness (QED) is 0.651. The van der Waals surface area contributed by atoms with Gasteiger partial charge in [0.1, 0.15) is 0 Å². The number of carbonyl (C=O) groups excluding carboxylic acids is 1. The van der Waals surface area contributed by atoms with E-state index in [1.807, 2.05) is 26.8 Å². The summed E-state index contributed by atoms with van der Waals surface area (Å²) in [7, 11) is 0. The zero-order chi connectivity index (χ0) is 10.0. The third-order valence-electron chi connectivity index (χ3n) is 1.78. The fourth-order valence-electron chi connectivity index (χ4n) is 1.05. The Kier molecular flexibility index (Phi) is 2.76. The van der Waals surface area contributed by atoms with Crippen molar-refractivity contribution in [2.45, 2.75) is 33.6 Å².